The van der Waals surface area contributed by atoms with Gasteiger partial charge in [0.15, 0.2) is 0 Å². The summed E-state index contributed by atoms with van der Waals surface area (Å²) in [5.74, 6) is 0. The Kier molecular flexibility index (Phi) is 3.34. The van der Waals surface area contributed by atoms with Gasteiger partial charge in [-0.05, 0) is 42.7 Å². The van der Waals surface area contributed by atoms with Gasteiger partial charge >= 0.3 is 0 Å². The normalized spacial score (nSPS) is 10.5. The molecule has 0 saturated heterocycles. The van der Waals surface area contributed by atoms with Gasteiger partial charge in [0, 0.05) is 10.6 Å². The van der Waals surface area contributed by atoms with Gasteiger partial charge in [0.25, 0.3) is 5.56 Å². The second-order valence-corrected chi connectivity index (χ2v) is 4.48. The highest BCUT2D eigenvalue weighted by Gasteiger charge is 2.07. The molecule has 0 radical (unpaired) electrons. The van der Waals surface area contributed by atoms with Crippen molar-refractivity contribution in [2.45, 2.75) is 20.3 Å². The third-order valence-electron chi connectivity index (χ3n) is 2.82. The molecule has 3 heteroatoms. The number of H-pyrrole nitrogens is 1. The van der Waals surface area contributed by atoms with Gasteiger partial charge in [0.2, 0.25) is 0 Å². The maximum absolute atomic E-state index is 11.7. The number of pyridine rings is 1. The number of benzene rings is 1. The van der Waals surface area contributed by atoms with Crippen molar-refractivity contribution in [1.29, 1.82) is 0 Å². The highest BCUT2D eigenvalue weighted by Crippen LogP contribution is 2.23. The first-order valence-corrected chi connectivity index (χ1v) is 5.98. The SMILES string of the molecule is CCc1cc(C)c(=O)[nH]c1-c1ccc(Cl)cc1. The second kappa shape index (κ2) is 4.76. The van der Waals surface area contributed by atoms with Crippen molar-refractivity contribution >= 4 is 11.6 Å². The molecule has 2 rings (SSSR count). The fourth-order valence-corrected chi connectivity index (χ4v) is 1.97. The second-order valence-electron chi connectivity index (χ2n) is 4.04. The minimum Gasteiger partial charge on any atom is -0.321 e. The van der Waals surface area contributed by atoms with E-state index in [0.29, 0.717) is 5.02 Å². The molecule has 88 valence electrons. The smallest absolute Gasteiger partial charge is 0.251 e. The molecule has 0 aliphatic rings. The first-order valence-electron chi connectivity index (χ1n) is 5.60. The zero-order chi connectivity index (χ0) is 12.4. The molecule has 0 bridgehead atoms. The summed E-state index contributed by atoms with van der Waals surface area (Å²) < 4.78 is 0. The summed E-state index contributed by atoms with van der Waals surface area (Å²) in [6, 6.07) is 9.44. The van der Waals surface area contributed by atoms with Crippen LogP contribution in [0.4, 0.5) is 0 Å². The third-order valence-corrected chi connectivity index (χ3v) is 3.07. The minimum absolute atomic E-state index is 0.0350. The van der Waals surface area contributed by atoms with E-state index in [-0.39, 0.29) is 5.56 Å². The molecule has 2 nitrogen and oxygen atoms in total. The zero-order valence-corrected chi connectivity index (χ0v) is 10.6. The lowest BCUT2D eigenvalue weighted by Crippen LogP contribution is -2.12. The molecule has 0 saturated carbocycles. The molecular weight excluding hydrogens is 234 g/mol. The Hall–Kier alpha value is -1.54. The fraction of sp³-hybridized carbons (Fsp3) is 0.214. The molecule has 17 heavy (non-hydrogen) atoms. The van der Waals surface area contributed by atoms with E-state index < -0.39 is 0 Å². The molecule has 0 aliphatic heterocycles. The summed E-state index contributed by atoms with van der Waals surface area (Å²) in [5.41, 5.74) is 3.74. The van der Waals surface area contributed by atoms with E-state index >= 15 is 0 Å². The molecule has 1 aromatic carbocycles. The Morgan fingerprint density at radius 2 is 1.88 bits per heavy atom. The van der Waals surface area contributed by atoms with Crippen molar-refractivity contribution in [3.8, 4) is 11.3 Å². The molecule has 2 aromatic rings. The molecule has 0 aliphatic carbocycles. The number of aryl methyl sites for hydroxylation is 2. The fourth-order valence-electron chi connectivity index (χ4n) is 1.84. The summed E-state index contributed by atoms with van der Waals surface area (Å²) in [4.78, 5) is 14.6. The highest BCUT2D eigenvalue weighted by atomic mass is 35.5. The Morgan fingerprint density at radius 3 is 2.47 bits per heavy atom. The van der Waals surface area contributed by atoms with Crippen molar-refractivity contribution in [3.05, 3.63) is 56.8 Å². The molecule has 1 N–H and O–H groups in total. The van der Waals surface area contributed by atoms with Crippen LogP contribution in [0.2, 0.25) is 5.02 Å². The Labute approximate surface area is 105 Å². The maximum atomic E-state index is 11.7. The van der Waals surface area contributed by atoms with Gasteiger partial charge < -0.3 is 4.98 Å². The van der Waals surface area contributed by atoms with E-state index in [0.717, 1.165) is 28.8 Å². The lowest BCUT2D eigenvalue weighted by atomic mass is 10.0. The van der Waals surface area contributed by atoms with Gasteiger partial charge in [-0.3, -0.25) is 4.79 Å². The van der Waals surface area contributed by atoms with E-state index in [4.69, 9.17) is 11.6 Å². The van der Waals surface area contributed by atoms with Crippen molar-refractivity contribution < 1.29 is 0 Å². The standard InChI is InChI=1S/C14H14ClNO/c1-3-10-8-9(2)14(17)16-13(10)11-4-6-12(15)7-5-11/h4-8H,3H2,1-2H3,(H,16,17). The third kappa shape index (κ3) is 2.42. The van der Waals surface area contributed by atoms with Crippen molar-refractivity contribution in [1.82, 2.24) is 4.98 Å². The van der Waals surface area contributed by atoms with Crippen LogP contribution in [-0.2, 0) is 6.42 Å². The Morgan fingerprint density at radius 1 is 1.24 bits per heavy atom. The lowest BCUT2D eigenvalue weighted by molar-refractivity contribution is 1.07. The van der Waals surface area contributed by atoms with Crippen LogP contribution in [0.15, 0.2) is 35.1 Å². The number of rotatable bonds is 2. The predicted molar refractivity (Wildman–Crippen MR) is 71.6 cm³/mol. The van der Waals surface area contributed by atoms with Crippen molar-refractivity contribution in [3.63, 3.8) is 0 Å². The van der Waals surface area contributed by atoms with E-state index in [1.165, 1.54) is 0 Å². The molecule has 0 unspecified atom stereocenters. The summed E-state index contributed by atoms with van der Waals surface area (Å²) >= 11 is 5.86. The van der Waals surface area contributed by atoms with E-state index in [9.17, 15) is 4.79 Å². The number of hydrogen-bond acceptors (Lipinski definition) is 1. The average molecular weight is 248 g/mol. The van der Waals surface area contributed by atoms with Crippen LogP contribution in [0.3, 0.4) is 0 Å². The van der Waals surface area contributed by atoms with Crippen LogP contribution in [-0.4, -0.2) is 4.98 Å². The van der Waals surface area contributed by atoms with Gasteiger partial charge in [-0.15, -0.1) is 0 Å². The minimum atomic E-state index is -0.0350. The van der Waals surface area contributed by atoms with Crippen molar-refractivity contribution in [2.24, 2.45) is 0 Å². The number of halogens is 1. The first-order chi connectivity index (χ1) is 8.11. The van der Waals surface area contributed by atoms with Crippen molar-refractivity contribution in [2.75, 3.05) is 0 Å². The van der Waals surface area contributed by atoms with Gasteiger partial charge in [0.1, 0.15) is 0 Å². The summed E-state index contributed by atoms with van der Waals surface area (Å²) in [6.45, 7) is 3.90. The monoisotopic (exact) mass is 247 g/mol. The predicted octanol–water partition coefficient (Wildman–Crippen LogP) is 3.57. The summed E-state index contributed by atoms with van der Waals surface area (Å²) in [5, 5.41) is 0.696. The molecular formula is C14H14ClNO. The topological polar surface area (TPSA) is 32.9 Å². The molecule has 0 amide bonds. The number of aromatic nitrogens is 1. The van der Waals surface area contributed by atoms with E-state index in [1.54, 1.807) is 0 Å². The summed E-state index contributed by atoms with van der Waals surface area (Å²) in [7, 11) is 0. The highest BCUT2D eigenvalue weighted by molar-refractivity contribution is 6.30. The largest absolute Gasteiger partial charge is 0.321 e. The van der Waals surface area contributed by atoms with E-state index in [2.05, 4.69) is 11.9 Å². The zero-order valence-electron chi connectivity index (χ0n) is 9.88. The van der Waals surface area contributed by atoms with Gasteiger partial charge in [0.05, 0.1) is 5.69 Å². The van der Waals surface area contributed by atoms with Crippen LogP contribution in [0, 0.1) is 6.92 Å². The quantitative estimate of drug-likeness (QED) is 0.865. The molecule has 0 spiro atoms. The average Bonchev–Trinajstić information content (AvgIpc) is 2.33. The number of nitrogens with one attached hydrogen (secondary N) is 1. The molecule has 1 heterocycles. The molecule has 0 atom stereocenters. The number of hydrogen-bond donors (Lipinski definition) is 1. The molecule has 0 fully saturated rings. The summed E-state index contributed by atoms with van der Waals surface area (Å²) in [6.07, 6.45) is 0.885. The Balaban J connectivity index is 2.62. The van der Waals surface area contributed by atoms with Crippen LogP contribution in [0.5, 0.6) is 0 Å². The Bertz CT molecular complexity index is 584. The first kappa shape index (κ1) is 11.9. The van der Waals surface area contributed by atoms with Crippen LogP contribution in [0.25, 0.3) is 11.3 Å². The van der Waals surface area contributed by atoms with Gasteiger partial charge in [-0.1, -0.05) is 30.7 Å². The van der Waals surface area contributed by atoms with E-state index in [1.807, 2.05) is 37.3 Å². The van der Waals surface area contributed by atoms with Crippen LogP contribution in [0.1, 0.15) is 18.1 Å². The maximum Gasteiger partial charge on any atom is 0.251 e. The molecule has 1 aromatic heterocycles. The van der Waals surface area contributed by atoms with Crippen LogP contribution < -0.4 is 5.56 Å². The lowest BCUT2D eigenvalue weighted by Gasteiger charge is -2.09. The van der Waals surface area contributed by atoms with Gasteiger partial charge in [-0.25, -0.2) is 0 Å². The van der Waals surface area contributed by atoms with Gasteiger partial charge in [-0.2, -0.15) is 0 Å². The number of aromatic amines is 1. The van der Waals surface area contributed by atoms with Crippen LogP contribution >= 0.6 is 11.6 Å².